The van der Waals surface area contributed by atoms with Crippen molar-refractivity contribution in [3.05, 3.63) is 0 Å². The Morgan fingerprint density at radius 1 is 1.06 bits per heavy atom. The van der Waals surface area contributed by atoms with Gasteiger partial charge in [-0.05, 0) is 18.3 Å². The summed E-state index contributed by atoms with van der Waals surface area (Å²) in [5.41, 5.74) is -0.0866. The quantitative estimate of drug-likeness (QED) is 0.710. The standard InChI is InChI=1S/C14H22O4/c1-8(15)17-11-10-6-7-14(5,13(10,3)4)12(11)18-9(2)16/h10-12H,6-7H2,1-5H3/t10-,11+,12+,14+/m0/s1. The van der Waals surface area contributed by atoms with Crippen molar-refractivity contribution in [3.63, 3.8) is 0 Å². The molecule has 2 bridgehead atoms. The fourth-order valence-corrected chi connectivity index (χ4v) is 3.93. The predicted octanol–water partition coefficient (Wildman–Crippen LogP) is 2.31. The summed E-state index contributed by atoms with van der Waals surface area (Å²) >= 11 is 0. The summed E-state index contributed by atoms with van der Waals surface area (Å²) in [7, 11) is 0. The average molecular weight is 254 g/mol. The second-order valence-corrected chi connectivity index (χ2v) is 6.39. The van der Waals surface area contributed by atoms with E-state index in [2.05, 4.69) is 20.8 Å². The Morgan fingerprint density at radius 3 is 2.11 bits per heavy atom. The maximum atomic E-state index is 11.3. The van der Waals surface area contributed by atoms with Crippen LogP contribution in [-0.2, 0) is 19.1 Å². The normalized spacial score (nSPS) is 40.6. The van der Waals surface area contributed by atoms with Crippen molar-refractivity contribution in [1.82, 2.24) is 0 Å². The van der Waals surface area contributed by atoms with E-state index in [4.69, 9.17) is 9.47 Å². The molecule has 2 fully saturated rings. The molecule has 18 heavy (non-hydrogen) atoms. The summed E-state index contributed by atoms with van der Waals surface area (Å²) in [6.07, 6.45) is 1.44. The van der Waals surface area contributed by atoms with Crippen LogP contribution in [0.5, 0.6) is 0 Å². The fourth-order valence-electron chi connectivity index (χ4n) is 3.93. The zero-order valence-corrected chi connectivity index (χ0v) is 11.8. The number of fused-ring (bicyclic) bond motifs is 2. The first kappa shape index (κ1) is 13.4. The maximum absolute atomic E-state index is 11.3. The van der Waals surface area contributed by atoms with Gasteiger partial charge in [0.15, 0.2) is 0 Å². The monoisotopic (exact) mass is 254 g/mol. The van der Waals surface area contributed by atoms with Crippen LogP contribution < -0.4 is 0 Å². The van der Waals surface area contributed by atoms with Crippen LogP contribution in [-0.4, -0.2) is 24.1 Å². The third-order valence-corrected chi connectivity index (χ3v) is 5.29. The Hall–Kier alpha value is -1.06. The molecule has 0 unspecified atom stereocenters. The van der Waals surface area contributed by atoms with E-state index in [0.717, 1.165) is 12.8 Å². The molecule has 0 aromatic rings. The first-order valence-electron chi connectivity index (χ1n) is 6.54. The van der Waals surface area contributed by atoms with Gasteiger partial charge in [-0.15, -0.1) is 0 Å². The number of rotatable bonds is 2. The molecule has 4 atom stereocenters. The van der Waals surface area contributed by atoms with Gasteiger partial charge in [0.05, 0.1) is 0 Å². The molecule has 0 spiro atoms. The lowest BCUT2D eigenvalue weighted by Crippen LogP contribution is -2.44. The molecule has 4 nitrogen and oxygen atoms in total. The number of hydrogen-bond acceptors (Lipinski definition) is 4. The minimum absolute atomic E-state index is 0.0211. The van der Waals surface area contributed by atoms with Gasteiger partial charge in [-0.3, -0.25) is 9.59 Å². The van der Waals surface area contributed by atoms with Crippen LogP contribution in [0.1, 0.15) is 47.5 Å². The molecule has 4 heteroatoms. The van der Waals surface area contributed by atoms with E-state index < -0.39 is 0 Å². The summed E-state index contributed by atoms with van der Waals surface area (Å²) in [5, 5.41) is 0. The number of carbonyl (C=O) groups excluding carboxylic acids is 2. The van der Waals surface area contributed by atoms with Crippen molar-refractivity contribution < 1.29 is 19.1 Å². The fraction of sp³-hybridized carbons (Fsp3) is 0.857. The summed E-state index contributed by atoms with van der Waals surface area (Å²) in [6, 6.07) is 0. The molecule has 2 aliphatic carbocycles. The maximum Gasteiger partial charge on any atom is 0.303 e. The minimum atomic E-state index is -0.312. The first-order valence-corrected chi connectivity index (χ1v) is 6.54. The van der Waals surface area contributed by atoms with Crippen LogP contribution in [0, 0.1) is 16.7 Å². The van der Waals surface area contributed by atoms with Crippen LogP contribution in [0.2, 0.25) is 0 Å². The van der Waals surface area contributed by atoms with Gasteiger partial charge in [-0.1, -0.05) is 20.8 Å². The largest absolute Gasteiger partial charge is 0.458 e. The molecule has 0 aliphatic heterocycles. The van der Waals surface area contributed by atoms with E-state index in [9.17, 15) is 9.59 Å². The molecule has 0 N–H and O–H groups in total. The topological polar surface area (TPSA) is 52.6 Å². The van der Waals surface area contributed by atoms with Gasteiger partial charge in [0.1, 0.15) is 12.2 Å². The highest BCUT2D eigenvalue weighted by Crippen LogP contribution is 2.66. The van der Waals surface area contributed by atoms with Crippen LogP contribution in [0.3, 0.4) is 0 Å². The SMILES string of the molecule is CC(=O)O[C@H]1[C@@H](OC(C)=O)[C@@]2(C)CC[C@@H]1C2(C)C. The van der Waals surface area contributed by atoms with Gasteiger partial charge in [-0.25, -0.2) is 0 Å². The zero-order chi connectivity index (χ0) is 13.7. The lowest BCUT2D eigenvalue weighted by Gasteiger charge is -2.38. The molecule has 0 amide bonds. The molecule has 0 heterocycles. The van der Waals surface area contributed by atoms with Crippen molar-refractivity contribution >= 4 is 11.9 Å². The summed E-state index contributed by atoms with van der Waals surface area (Å²) in [4.78, 5) is 22.6. The lowest BCUT2D eigenvalue weighted by atomic mass is 9.70. The lowest BCUT2D eigenvalue weighted by molar-refractivity contribution is -0.175. The number of hydrogen-bond donors (Lipinski definition) is 0. The predicted molar refractivity (Wildman–Crippen MR) is 65.7 cm³/mol. The summed E-state index contributed by atoms with van der Waals surface area (Å²) in [6.45, 7) is 9.33. The van der Waals surface area contributed by atoms with Crippen LogP contribution >= 0.6 is 0 Å². The van der Waals surface area contributed by atoms with Crippen LogP contribution in [0.4, 0.5) is 0 Å². The third-order valence-electron chi connectivity index (χ3n) is 5.29. The highest BCUT2D eigenvalue weighted by atomic mass is 16.6. The zero-order valence-electron chi connectivity index (χ0n) is 11.8. The van der Waals surface area contributed by atoms with Gasteiger partial charge in [0.2, 0.25) is 0 Å². The van der Waals surface area contributed by atoms with E-state index in [-0.39, 0.29) is 40.9 Å². The Morgan fingerprint density at radius 2 is 1.61 bits per heavy atom. The van der Waals surface area contributed by atoms with Crippen LogP contribution in [0.25, 0.3) is 0 Å². The van der Waals surface area contributed by atoms with Gasteiger partial charge < -0.3 is 9.47 Å². The Kier molecular flexibility index (Phi) is 2.95. The van der Waals surface area contributed by atoms with Gasteiger partial charge >= 0.3 is 11.9 Å². The molecule has 0 aromatic heterocycles. The van der Waals surface area contributed by atoms with Crippen molar-refractivity contribution in [2.75, 3.05) is 0 Å². The van der Waals surface area contributed by atoms with E-state index in [1.165, 1.54) is 13.8 Å². The first-order chi connectivity index (χ1) is 8.20. The summed E-state index contributed by atoms with van der Waals surface area (Å²) in [5.74, 6) is -0.332. The van der Waals surface area contributed by atoms with Crippen molar-refractivity contribution in [2.24, 2.45) is 16.7 Å². The van der Waals surface area contributed by atoms with Crippen molar-refractivity contribution in [3.8, 4) is 0 Å². The average Bonchev–Trinajstić information content (AvgIpc) is 2.50. The highest BCUT2D eigenvalue weighted by Gasteiger charge is 2.69. The third kappa shape index (κ3) is 1.65. The smallest absolute Gasteiger partial charge is 0.303 e. The molecule has 0 aromatic carbocycles. The Labute approximate surface area is 108 Å². The summed E-state index contributed by atoms with van der Waals surface area (Å²) < 4.78 is 10.9. The molecule has 0 saturated heterocycles. The molecule has 2 saturated carbocycles. The minimum Gasteiger partial charge on any atom is -0.458 e. The molecule has 102 valence electrons. The van der Waals surface area contributed by atoms with E-state index in [1.54, 1.807) is 0 Å². The molecular formula is C14H22O4. The Balaban J connectivity index is 2.34. The second kappa shape index (κ2) is 3.97. The van der Waals surface area contributed by atoms with Crippen molar-refractivity contribution in [2.45, 2.75) is 59.7 Å². The van der Waals surface area contributed by atoms with Gasteiger partial charge in [0.25, 0.3) is 0 Å². The van der Waals surface area contributed by atoms with E-state index >= 15 is 0 Å². The van der Waals surface area contributed by atoms with Gasteiger partial charge in [-0.2, -0.15) is 0 Å². The Bertz CT molecular complexity index is 387. The van der Waals surface area contributed by atoms with Crippen molar-refractivity contribution in [1.29, 1.82) is 0 Å². The molecule has 0 radical (unpaired) electrons. The molecular weight excluding hydrogens is 232 g/mol. The second-order valence-electron chi connectivity index (χ2n) is 6.39. The number of ether oxygens (including phenoxy) is 2. The van der Waals surface area contributed by atoms with Gasteiger partial charge in [0, 0.05) is 25.2 Å². The highest BCUT2D eigenvalue weighted by molar-refractivity contribution is 5.67. The number of carbonyl (C=O) groups is 2. The molecule has 2 aliphatic rings. The number of esters is 2. The van der Waals surface area contributed by atoms with E-state index in [1.807, 2.05) is 0 Å². The molecule has 2 rings (SSSR count). The van der Waals surface area contributed by atoms with E-state index in [0.29, 0.717) is 0 Å². The van der Waals surface area contributed by atoms with Crippen LogP contribution in [0.15, 0.2) is 0 Å².